The maximum Gasteiger partial charge on any atom is 0.164 e. The first-order valence-electron chi connectivity index (χ1n) is 9.58. The van der Waals surface area contributed by atoms with Gasteiger partial charge in [0.25, 0.3) is 0 Å². The minimum absolute atomic E-state index is 0.226. The lowest BCUT2D eigenvalue weighted by molar-refractivity contribution is 0.00632. The van der Waals surface area contributed by atoms with Gasteiger partial charge in [-0.2, -0.15) is 5.10 Å². The lowest BCUT2D eigenvalue weighted by Gasteiger charge is -2.39. The molecular formula is C23H27N5OS. The summed E-state index contributed by atoms with van der Waals surface area (Å²) in [6.07, 6.45) is 13.4. The molecule has 1 aliphatic rings. The second-order valence-corrected chi connectivity index (χ2v) is 7.73. The average molecular weight is 422 g/mol. The summed E-state index contributed by atoms with van der Waals surface area (Å²) in [7, 11) is 1.73. The van der Waals surface area contributed by atoms with Crippen molar-refractivity contribution in [1.82, 2.24) is 19.5 Å². The van der Waals surface area contributed by atoms with Gasteiger partial charge in [0, 0.05) is 31.3 Å². The zero-order chi connectivity index (χ0) is 21.7. The largest absolute Gasteiger partial charge is 0.378 e. The minimum Gasteiger partial charge on any atom is -0.378 e. The summed E-state index contributed by atoms with van der Waals surface area (Å²) in [5, 5.41) is 4.41. The van der Waals surface area contributed by atoms with Crippen LogP contribution in [0.1, 0.15) is 18.2 Å². The summed E-state index contributed by atoms with van der Waals surface area (Å²) >= 11 is 1.62. The van der Waals surface area contributed by atoms with Crippen molar-refractivity contribution in [2.24, 2.45) is 4.99 Å². The summed E-state index contributed by atoms with van der Waals surface area (Å²) in [5.41, 5.74) is 4.01. The Kier molecular flexibility index (Phi) is 7.07. The van der Waals surface area contributed by atoms with Crippen molar-refractivity contribution in [2.45, 2.75) is 13.0 Å². The van der Waals surface area contributed by atoms with Gasteiger partial charge < -0.3 is 9.64 Å². The third-order valence-electron chi connectivity index (χ3n) is 4.86. The van der Waals surface area contributed by atoms with Crippen LogP contribution in [-0.4, -0.2) is 57.9 Å². The fourth-order valence-electron chi connectivity index (χ4n) is 3.00. The Morgan fingerprint density at radius 3 is 2.77 bits per heavy atom. The van der Waals surface area contributed by atoms with Crippen LogP contribution in [0.15, 0.2) is 73.1 Å². The van der Waals surface area contributed by atoms with Gasteiger partial charge >= 0.3 is 0 Å². The number of likely N-dealkylation sites (tertiary alicyclic amines) is 1. The van der Waals surface area contributed by atoms with E-state index in [9.17, 15) is 0 Å². The van der Waals surface area contributed by atoms with Crippen molar-refractivity contribution in [1.29, 1.82) is 0 Å². The maximum atomic E-state index is 5.40. The summed E-state index contributed by atoms with van der Waals surface area (Å²) in [5.74, 6) is 0.831. The highest BCUT2D eigenvalue weighted by atomic mass is 32.2. The molecule has 1 saturated heterocycles. The van der Waals surface area contributed by atoms with Crippen LogP contribution in [0.5, 0.6) is 0 Å². The molecule has 0 aromatic carbocycles. The van der Waals surface area contributed by atoms with Gasteiger partial charge in [0.2, 0.25) is 0 Å². The van der Waals surface area contributed by atoms with Crippen LogP contribution in [0.2, 0.25) is 0 Å². The Morgan fingerprint density at radius 1 is 1.37 bits per heavy atom. The normalized spacial score (nSPS) is 16.0. The van der Waals surface area contributed by atoms with Gasteiger partial charge in [-0.1, -0.05) is 31.9 Å². The number of ether oxygens (including phenoxy) is 1. The molecule has 0 radical (unpaired) electrons. The topological polar surface area (TPSA) is 55.0 Å². The summed E-state index contributed by atoms with van der Waals surface area (Å²) in [6.45, 7) is 15.4. The maximum absolute atomic E-state index is 5.40. The standard InChI is InChI=1S/C23H27N5OS/c1-7-9-21(30-6)20-10-11-28-23(26-20)19(13-24-28)17(4)25-22(12-16(3)8-2)27-14-18(15-27)29-5/h7-13,18H,1-2,4,14-15H2,3,5-6H3/b16-12-,21-9-,25-22?. The molecule has 0 amide bonds. The number of thioether (sulfide) groups is 1. The van der Waals surface area contributed by atoms with E-state index in [4.69, 9.17) is 14.7 Å². The highest BCUT2D eigenvalue weighted by Crippen LogP contribution is 2.26. The van der Waals surface area contributed by atoms with Crippen LogP contribution in [0.25, 0.3) is 16.2 Å². The summed E-state index contributed by atoms with van der Waals surface area (Å²) < 4.78 is 7.14. The van der Waals surface area contributed by atoms with Crippen LogP contribution in [0.4, 0.5) is 0 Å². The van der Waals surface area contributed by atoms with Crippen molar-refractivity contribution in [3.63, 3.8) is 0 Å². The predicted molar refractivity (Wildman–Crippen MR) is 127 cm³/mol. The molecule has 2 aromatic rings. The van der Waals surface area contributed by atoms with Crippen LogP contribution in [-0.2, 0) is 4.74 Å². The van der Waals surface area contributed by atoms with E-state index in [-0.39, 0.29) is 6.10 Å². The molecule has 1 aliphatic heterocycles. The van der Waals surface area contributed by atoms with Gasteiger partial charge in [0.1, 0.15) is 5.84 Å². The smallest absolute Gasteiger partial charge is 0.164 e. The van der Waals surface area contributed by atoms with Crippen molar-refractivity contribution in [3.05, 3.63) is 79.3 Å². The van der Waals surface area contributed by atoms with Crippen LogP contribution >= 0.6 is 11.8 Å². The van der Waals surface area contributed by atoms with E-state index in [1.165, 1.54) is 0 Å². The van der Waals surface area contributed by atoms with E-state index in [0.29, 0.717) is 11.3 Å². The van der Waals surface area contributed by atoms with E-state index in [1.54, 1.807) is 35.7 Å². The van der Waals surface area contributed by atoms with Crippen molar-refractivity contribution in [3.8, 4) is 0 Å². The first-order chi connectivity index (χ1) is 14.5. The molecule has 2 aromatic heterocycles. The van der Waals surface area contributed by atoms with Gasteiger partial charge in [-0.3, -0.25) is 0 Å². The zero-order valence-electron chi connectivity index (χ0n) is 17.7. The van der Waals surface area contributed by atoms with Gasteiger partial charge in [0.05, 0.1) is 29.3 Å². The molecule has 3 heterocycles. The number of aromatic nitrogens is 3. The molecule has 6 nitrogen and oxygen atoms in total. The fourth-order valence-corrected chi connectivity index (χ4v) is 3.56. The number of fused-ring (bicyclic) bond motifs is 1. The van der Waals surface area contributed by atoms with Crippen molar-refractivity contribution in [2.75, 3.05) is 26.5 Å². The first-order valence-corrected chi connectivity index (χ1v) is 10.8. The SMILES string of the molecule is C=C/C=C(\SC)c1ccn2ncc(C(=C)N=C(/C=C(/C)C=C)N3CC(OC)C3)c2n1. The molecule has 0 unspecified atom stereocenters. The number of rotatable bonds is 8. The second kappa shape index (κ2) is 9.73. The number of nitrogens with zero attached hydrogens (tertiary/aromatic N) is 5. The molecule has 0 N–H and O–H groups in total. The minimum atomic E-state index is 0.226. The average Bonchev–Trinajstić information content (AvgIpc) is 3.14. The molecule has 0 aliphatic carbocycles. The Morgan fingerprint density at radius 2 is 2.13 bits per heavy atom. The third kappa shape index (κ3) is 4.63. The van der Waals surface area contributed by atoms with E-state index in [1.807, 2.05) is 43.7 Å². The lowest BCUT2D eigenvalue weighted by atomic mass is 10.1. The molecule has 1 fully saturated rings. The number of hydrogen-bond acceptors (Lipinski definition) is 5. The monoisotopic (exact) mass is 421 g/mol. The van der Waals surface area contributed by atoms with Crippen molar-refractivity contribution >= 4 is 33.8 Å². The molecule has 3 rings (SSSR count). The number of aliphatic imine (C=N–C) groups is 1. The highest BCUT2D eigenvalue weighted by molar-refractivity contribution is 8.07. The Hall–Kier alpha value is -2.90. The molecule has 0 bridgehead atoms. The highest BCUT2D eigenvalue weighted by Gasteiger charge is 2.28. The lowest BCUT2D eigenvalue weighted by Crippen LogP contribution is -2.54. The molecule has 0 spiro atoms. The van der Waals surface area contributed by atoms with Gasteiger partial charge in [0.15, 0.2) is 5.65 Å². The van der Waals surface area contributed by atoms with Gasteiger partial charge in [-0.25, -0.2) is 14.5 Å². The quantitative estimate of drug-likeness (QED) is 0.358. The van der Waals surface area contributed by atoms with Crippen LogP contribution < -0.4 is 0 Å². The predicted octanol–water partition coefficient (Wildman–Crippen LogP) is 4.45. The Bertz CT molecular complexity index is 1060. The van der Waals surface area contributed by atoms with E-state index >= 15 is 0 Å². The zero-order valence-corrected chi connectivity index (χ0v) is 18.5. The number of hydrogen-bond donors (Lipinski definition) is 0. The summed E-state index contributed by atoms with van der Waals surface area (Å²) in [6, 6.07) is 1.94. The Balaban J connectivity index is 1.98. The molecular weight excluding hydrogens is 394 g/mol. The Labute approximate surface area is 182 Å². The van der Waals surface area contributed by atoms with Crippen LogP contribution in [0.3, 0.4) is 0 Å². The van der Waals surface area contributed by atoms with E-state index in [2.05, 4.69) is 29.7 Å². The molecule has 0 atom stereocenters. The second-order valence-electron chi connectivity index (χ2n) is 6.88. The summed E-state index contributed by atoms with van der Waals surface area (Å²) in [4.78, 5) is 12.8. The number of allylic oxidation sites excluding steroid dienone is 4. The number of amidine groups is 1. The van der Waals surface area contributed by atoms with Gasteiger partial charge in [-0.15, -0.1) is 11.8 Å². The van der Waals surface area contributed by atoms with Crippen LogP contribution in [0, 0.1) is 0 Å². The van der Waals surface area contributed by atoms with E-state index in [0.717, 1.165) is 40.7 Å². The van der Waals surface area contributed by atoms with Crippen molar-refractivity contribution < 1.29 is 4.74 Å². The number of methoxy groups -OCH3 is 1. The molecule has 0 saturated carbocycles. The van der Waals surface area contributed by atoms with E-state index < -0.39 is 0 Å². The molecule has 30 heavy (non-hydrogen) atoms. The fraction of sp³-hybridized carbons (Fsp3) is 0.261. The third-order valence-corrected chi connectivity index (χ3v) is 5.64. The molecule has 7 heteroatoms. The van der Waals surface area contributed by atoms with Gasteiger partial charge in [-0.05, 0) is 37.0 Å². The first kappa shape index (κ1) is 21.8. The molecule has 156 valence electrons.